The Morgan fingerprint density at radius 2 is 1.77 bits per heavy atom. The van der Waals surface area contributed by atoms with Gasteiger partial charge in [-0.3, -0.25) is 0 Å². The highest BCUT2D eigenvalue weighted by Gasteiger charge is 2.04. The van der Waals surface area contributed by atoms with Crippen LogP contribution in [0.2, 0.25) is 0 Å². The first-order valence-corrected chi connectivity index (χ1v) is 5.12. The molecular formula is C13H16. The molecule has 0 bridgehead atoms. The molecule has 0 saturated carbocycles. The van der Waals surface area contributed by atoms with Crippen LogP contribution < -0.4 is 0 Å². The van der Waals surface area contributed by atoms with E-state index in [0.717, 1.165) is 0 Å². The Labute approximate surface area is 80.3 Å². The van der Waals surface area contributed by atoms with Crippen LogP contribution in [0.3, 0.4) is 0 Å². The molecule has 2 rings (SSSR count). The lowest BCUT2D eigenvalue weighted by molar-refractivity contribution is 0.742. The summed E-state index contributed by atoms with van der Waals surface area (Å²) in [5, 5.41) is 0. The van der Waals surface area contributed by atoms with Crippen molar-refractivity contribution in [2.45, 2.75) is 32.6 Å². The van der Waals surface area contributed by atoms with Gasteiger partial charge in [-0.15, -0.1) is 0 Å². The summed E-state index contributed by atoms with van der Waals surface area (Å²) >= 11 is 0. The first kappa shape index (κ1) is 8.55. The van der Waals surface area contributed by atoms with Crippen molar-refractivity contribution in [2.75, 3.05) is 0 Å². The molecule has 68 valence electrons. The molecule has 0 atom stereocenters. The van der Waals surface area contributed by atoms with Gasteiger partial charge in [0.2, 0.25) is 0 Å². The molecule has 0 aliphatic heterocycles. The van der Waals surface area contributed by atoms with E-state index in [-0.39, 0.29) is 0 Å². The van der Waals surface area contributed by atoms with Crippen LogP contribution in [0.25, 0.3) is 5.57 Å². The molecule has 0 aromatic heterocycles. The Morgan fingerprint density at radius 1 is 1.00 bits per heavy atom. The molecule has 1 aliphatic carbocycles. The maximum Gasteiger partial charge on any atom is -0.0228 e. The van der Waals surface area contributed by atoms with E-state index in [4.69, 9.17) is 0 Å². The monoisotopic (exact) mass is 172 g/mol. The van der Waals surface area contributed by atoms with E-state index < -0.39 is 0 Å². The lowest BCUT2D eigenvalue weighted by atomic mass is 9.93. The lowest BCUT2D eigenvalue weighted by Gasteiger charge is -2.12. The summed E-state index contributed by atoms with van der Waals surface area (Å²) in [6, 6.07) is 8.88. The van der Waals surface area contributed by atoms with Crippen molar-refractivity contribution in [3.05, 3.63) is 41.5 Å². The van der Waals surface area contributed by atoms with Gasteiger partial charge in [0, 0.05) is 0 Å². The highest BCUT2D eigenvalue weighted by atomic mass is 14.1. The molecule has 0 nitrogen and oxygen atoms in total. The number of hydrogen-bond acceptors (Lipinski definition) is 0. The maximum atomic E-state index is 2.40. The zero-order valence-electron chi connectivity index (χ0n) is 8.22. The van der Waals surface area contributed by atoms with Crippen LogP contribution in [0, 0.1) is 6.92 Å². The van der Waals surface area contributed by atoms with Gasteiger partial charge in [-0.1, -0.05) is 35.9 Å². The van der Waals surface area contributed by atoms with Gasteiger partial charge < -0.3 is 0 Å². The summed E-state index contributed by atoms with van der Waals surface area (Å²) in [7, 11) is 0. The SMILES string of the molecule is Cc1ccc(C2=CCCCC2)cc1. The summed E-state index contributed by atoms with van der Waals surface area (Å²) in [6.45, 7) is 2.14. The number of benzene rings is 1. The van der Waals surface area contributed by atoms with Crippen LogP contribution in [0.4, 0.5) is 0 Å². The van der Waals surface area contributed by atoms with Crippen molar-refractivity contribution in [1.82, 2.24) is 0 Å². The summed E-state index contributed by atoms with van der Waals surface area (Å²) in [5.41, 5.74) is 4.32. The Bertz CT molecular complexity index is 303. The Balaban J connectivity index is 2.24. The smallest absolute Gasteiger partial charge is 0.0228 e. The molecule has 13 heavy (non-hydrogen) atoms. The summed E-state index contributed by atoms with van der Waals surface area (Å²) in [4.78, 5) is 0. The molecule has 0 saturated heterocycles. The second-order valence-electron chi connectivity index (χ2n) is 3.84. The first-order chi connectivity index (χ1) is 6.36. The fourth-order valence-corrected chi connectivity index (χ4v) is 1.87. The third-order valence-electron chi connectivity index (χ3n) is 2.71. The van der Waals surface area contributed by atoms with E-state index in [9.17, 15) is 0 Å². The van der Waals surface area contributed by atoms with Crippen molar-refractivity contribution >= 4 is 5.57 Å². The van der Waals surface area contributed by atoms with Gasteiger partial charge in [-0.05, 0) is 43.7 Å². The largest absolute Gasteiger partial charge is 0.0807 e. The van der Waals surface area contributed by atoms with Gasteiger partial charge in [0.15, 0.2) is 0 Å². The molecular weight excluding hydrogens is 156 g/mol. The fraction of sp³-hybridized carbons (Fsp3) is 0.385. The van der Waals surface area contributed by atoms with E-state index in [2.05, 4.69) is 37.3 Å². The van der Waals surface area contributed by atoms with Crippen LogP contribution in [0.15, 0.2) is 30.3 Å². The second kappa shape index (κ2) is 3.78. The summed E-state index contributed by atoms with van der Waals surface area (Å²) in [6.07, 6.45) is 7.66. The van der Waals surface area contributed by atoms with Crippen LogP contribution in [0.1, 0.15) is 36.8 Å². The molecule has 1 aliphatic rings. The average Bonchev–Trinajstić information content (AvgIpc) is 2.20. The molecule has 0 heteroatoms. The van der Waals surface area contributed by atoms with Gasteiger partial charge >= 0.3 is 0 Å². The topological polar surface area (TPSA) is 0 Å². The molecule has 0 N–H and O–H groups in total. The second-order valence-corrected chi connectivity index (χ2v) is 3.84. The van der Waals surface area contributed by atoms with E-state index >= 15 is 0 Å². The van der Waals surface area contributed by atoms with Crippen LogP contribution in [-0.2, 0) is 0 Å². The zero-order chi connectivity index (χ0) is 9.10. The Hall–Kier alpha value is -1.04. The molecule has 0 heterocycles. The highest BCUT2D eigenvalue weighted by molar-refractivity contribution is 5.66. The third-order valence-corrected chi connectivity index (χ3v) is 2.71. The van der Waals surface area contributed by atoms with E-state index in [0.29, 0.717) is 0 Å². The van der Waals surface area contributed by atoms with E-state index in [1.54, 1.807) is 5.57 Å². The molecule has 0 radical (unpaired) electrons. The fourth-order valence-electron chi connectivity index (χ4n) is 1.87. The number of allylic oxidation sites excluding steroid dienone is 2. The van der Waals surface area contributed by atoms with Crippen molar-refractivity contribution in [3.63, 3.8) is 0 Å². The molecule has 0 fully saturated rings. The minimum Gasteiger partial charge on any atom is -0.0807 e. The number of hydrogen-bond donors (Lipinski definition) is 0. The van der Waals surface area contributed by atoms with Crippen molar-refractivity contribution in [3.8, 4) is 0 Å². The van der Waals surface area contributed by atoms with Gasteiger partial charge in [0.25, 0.3) is 0 Å². The standard InChI is InChI=1S/C13H16/c1-11-7-9-13(10-8-11)12-5-3-2-4-6-12/h5,7-10H,2-4,6H2,1H3. The Kier molecular flexibility index (Phi) is 2.49. The number of rotatable bonds is 1. The quantitative estimate of drug-likeness (QED) is 0.601. The van der Waals surface area contributed by atoms with Gasteiger partial charge in [0.05, 0.1) is 0 Å². The highest BCUT2D eigenvalue weighted by Crippen LogP contribution is 2.26. The van der Waals surface area contributed by atoms with Crippen molar-refractivity contribution in [2.24, 2.45) is 0 Å². The minimum absolute atomic E-state index is 1.27. The molecule has 1 aromatic rings. The van der Waals surface area contributed by atoms with Crippen LogP contribution in [0.5, 0.6) is 0 Å². The molecule has 0 spiro atoms. The molecule has 1 aromatic carbocycles. The normalized spacial score (nSPS) is 16.8. The molecule has 0 unspecified atom stereocenters. The maximum absolute atomic E-state index is 2.40. The summed E-state index contributed by atoms with van der Waals surface area (Å²) in [5.74, 6) is 0. The zero-order valence-corrected chi connectivity index (χ0v) is 8.22. The average molecular weight is 172 g/mol. The lowest BCUT2D eigenvalue weighted by Crippen LogP contribution is -1.91. The van der Waals surface area contributed by atoms with Gasteiger partial charge in [-0.25, -0.2) is 0 Å². The predicted molar refractivity (Wildman–Crippen MR) is 57.6 cm³/mol. The minimum atomic E-state index is 1.27. The van der Waals surface area contributed by atoms with E-state index in [1.165, 1.54) is 36.8 Å². The van der Waals surface area contributed by atoms with E-state index in [1.807, 2.05) is 0 Å². The van der Waals surface area contributed by atoms with Crippen molar-refractivity contribution in [1.29, 1.82) is 0 Å². The predicted octanol–water partition coefficient (Wildman–Crippen LogP) is 3.95. The number of aryl methyl sites for hydroxylation is 1. The Morgan fingerprint density at radius 3 is 2.38 bits per heavy atom. The van der Waals surface area contributed by atoms with Gasteiger partial charge in [-0.2, -0.15) is 0 Å². The van der Waals surface area contributed by atoms with Crippen LogP contribution in [-0.4, -0.2) is 0 Å². The van der Waals surface area contributed by atoms with Crippen LogP contribution >= 0.6 is 0 Å². The third kappa shape index (κ3) is 2.00. The molecule has 0 amide bonds. The van der Waals surface area contributed by atoms with Gasteiger partial charge in [0.1, 0.15) is 0 Å². The summed E-state index contributed by atoms with van der Waals surface area (Å²) < 4.78 is 0. The first-order valence-electron chi connectivity index (χ1n) is 5.12. The van der Waals surface area contributed by atoms with Crippen molar-refractivity contribution < 1.29 is 0 Å².